The SMILES string of the molecule is CC(CO)(CO)Nc1cc(N)ncn1. The van der Waals surface area contributed by atoms with E-state index in [4.69, 9.17) is 15.9 Å². The summed E-state index contributed by atoms with van der Waals surface area (Å²) < 4.78 is 0. The van der Waals surface area contributed by atoms with Crippen LogP contribution in [0.2, 0.25) is 0 Å². The highest BCUT2D eigenvalue weighted by Gasteiger charge is 2.22. The lowest BCUT2D eigenvalue weighted by Crippen LogP contribution is -2.42. The number of aromatic nitrogens is 2. The summed E-state index contributed by atoms with van der Waals surface area (Å²) in [6.07, 6.45) is 1.31. The van der Waals surface area contributed by atoms with Gasteiger partial charge in [-0.3, -0.25) is 0 Å². The van der Waals surface area contributed by atoms with Gasteiger partial charge in [0.05, 0.1) is 18.8 Å². The second kappa shape index (κ2) is 4.21. The van der Waals surface area contributed by atoms with Crippen LogP contribution < -0.4 is 11.1 Å². The minimum atomic E-state index is -0.805. The summed E-state index contributed by atoms with van der Waals surface area (Å²) in [5, 5.41) is 20.9. The predicted molar refractivity (Wildman–Crippen MR) is 52.6 cm³/mol. The summed E-state index contributed by atoms with van der Waals surface area (Å²) in [4.78, 5) is 7.62. The Kier molecular flexibility index (Phi) is 3.21. The maximum atomic E-state index is 9.02. The first-order valence-electron chi connectivity index (χ1n) is 4.17. The molecule has 0 saturated carbocycles. The van der Waals surface area contributed by atoms with Crippen molar-refractivity contribution in [3.8, 4) is 0 Å². The first-order chi connectivity index (χ1) is 6.59. The highest BCUT2D eigenvalue weighted by molar-refractivity contribution is 5.45. The van der Waals surface area contributed by atoms with Gasteiger partial charge in [-0.05, 0) is 6.92 Å². The van der Waals surface area contributed by atoms with Gasteiger partial charge in [-0.1, -0.05) is 0 Å². The van der Waals surface area contributed by atoms with Crippen molar-refractivity contribution in [1.29, 1.82) is 0 Å². The molecule has 0 aliphatic rings. The molecule has 14 heavy (non-hydrogen) atoms. The number of nitrogens with zero attached hydrogens (tertiary/aromatic N) is 2. The number of rotatable bonds is 4. The fourth-order valence-corrected chi connectivity index (χ4v) is 0.879. The van der Waals surface area contributed by atoms with E-state index in [1.165, 1.54) is 12.4 Å². The number of nitrogens with two attached hydrogens (primary N) is 1. The summed E-state index contributed by atoms with van der Waals surface area (Å²) in [5.74, 6) is 0.809. The number of anilines is 2. The van der Waals surface area contributed by atoms with E-state index >= 15 is 0 Å². The number of hydrogen-bond acceptors (Lipinski definition) is 6. The molecule has 0 amide bonds. The Morgan fingerprint density at radius 1 is 1.43 bits per heavy atom. The molecule has 0 aliphatic heterocycles. The third-order valence-electron chi connectivity index (χ3n) is 1.82. The highest BCUT2D eigenvalue weighted by atomic mass is 16.3. The van der Waals surface area contributed by atoms with Crippen LogP contribution in [-0.2, 0) is 0 Å². The van der Waals surface area contributed by atoms with Crippen molar-refractivity contribution in [2.75, 3.05) is 24.3 Å². The van der Waals surface area contributed by atoms with Crippen LogP contribution in [0.15, 0.2) is 12.4 Å². The first-order valence-corrected chi connectivity index (χ1v) is 4.17. The molecule has 5 N–H and O–H groups in total. The van der Waals surface area contributed by atoms with Gasteiger partial charge in [0.25, 0.3) is 0 Å². The fourth-order valence-electron chi connectivity index (χ4n) is 0.879. The van der Waals surface area contributed by atoms with E-state index in [-0.39, 0.29) is 13.2 Å². The van der Waals surface area contributed by atoms with Crippen molar-refractivity contribution >= 4 is 11.6 Å². The summed E-state index contributed by atoms with van der Waals surface area (Å²) in [5.41, 5.74) is 4.64. The van der Waals surface area contributed by atoms with E-state index in [0.717, 1.165) is 0 Å². The Labute approximate surface area is 81.8 Å². The van der Waals surface area contributed by atoms with E-state index in [1.54, 1.807) is 6.92 Å². The van der Waals surface area contributed by atoms with Crippen LogP contribution >= 0.6 is 0 Å². The zero-order valence-electron chi connectivity index (χ0n) is 7.94. The van der Waals surface area contributed by atoms with Gasteiger partial charge in [-0.25, -0.2) is 9.97 Å². The maximum Gasteiger partial charge on any atom is 0.132 e. The first kappa shape index (κ1) is 10.7. The minimum absolute atomic E-state index is 0.201. The molecular formula is C8H14N4O2. The van der Waals surface area contributed by atoms with Crippen molar-refractivity contribution in [3.63, 3.8) is 0 Å². The van der Waals surface area contributed by atoms with Crippen LogP contribution in [0.1, 0.15) is 6.92 Å². The van der Waals surface area contributed by atoms with Gasteiger partial charge in [-0.15, -0.1) is 0 Å². The van der Waals surface area contributed by atoms with E-state index < -0.39 is 5.54 Å². The molecule has 78 valence electrons. The Balaban J connectivity index is 2.77. The zero-order valence-corrected chi connectivity index (χ0v) is 7.94. The van der Waals surface area contributed by atoms with E-state index in [9.17, 15) is 0 Å². The van der Waals surface area contributed by atoms with Crippen LogP contribution in [0.25, 0.3) is 0 Å². The Hall–Kier alpha value is -1.40. The molecule has 0 saturated heterocycles. The van der Waals surface area contributed by atoms with E-state index in [2.05, 4.69) is 15.3 Å². The topological polar surface area (TPSA) is 104 Å². The molecule has 6 heteroatoms. The third kappa shape index (κ3) is 2.54. The average molecular weight is 198 g/mol. The molecule has 1 rings (SSSR count). The lowest BCUT2D eigenvalue weighted by Gasteiger charge is -2.26. The van der Waals surface area contributed by atoms with Crippen molar-refractivity contribution in [2.45, 2.75) is 12.5 Å². The largest absolute Gasteiger partial charge is 0.394 e. The molecule has 1 heterocycles. The Morgan fingerprint density at radius 3 is 2.57 bits per heavy atom. The lowest BCUT2D eigenvalue weighted by atomic mass is 10.1. The van der Waals surface area contributed by atoms with Crippen molar-refractivity contribution in [2.24, 2.45) is 0 Å². The number of hydrogen-bond donors (Lipinski definition) is 4. The second-order valence-electron chi connectivity index (χ2n) is 3.33. The van der Waals surface area contributed by atoms with Gasteiger partial charge in [0.15, 0.2) is 0 Å². The van der Waals surface area contributed by atoms with Crippen LogP contribution in [0.5, 0.6) is 0 Å². The normalized spacial score (nSPS) is 11.4. The van der Waals surface area contributed by atoms with E-state index in [1.807, 2.05) is 0 Å². The lowest BCUT2D eigenvalue weighted by molar-refractivity contribution is 0.147. The van der Waals surface area contributed by atoms with Crippen molar-refractivity contribution in [3.05, 3.63) is 12.4 Å². The highest BCUT2D eigenvalue weighted by Crippen LogP contribution is 2.12. The number of aliphatic hydroxyl groups is 2. The van der Waals surface area contributed by atoms with Gasteiger partial charge in [-0.2, -0.15) is 0 Å². The molecule has 1 aromatic heterocycles. The molecule has 0 unspecified atom stereocenters. The second-order valence-corrected chi connectivity index (χ2v) is 3.33. The van der Waals surface area contributed by atoms with Crippen molar-refractivity contribution in [1.82, 2.24) is 9.97 Å². The van der Waals surface area contributed by atoms with Crippen molar-refractivity contribution < 1.29 is 10.2 Å². The summed E-state index contributed by atoms with van der Waals surface area (Å²) in [7, 11) is 0. The van der Waals surface area contributed by atoms with Crippen LogP contribution in [0.3, 0.4) is 0 Å². The summed E-state index contributed by atoms with van der Waals surface area (Å²) in [6, 6.07) is 1.53. The van der Waals surface area contributed by atoms with Crippen LogP contribution in [0.4, 0.5) is 11.6 Å². The molecule has 0 fully saturated rings. The van der Waals surface area contributed by atoms with Gasteiger partial charge in [0.1, 0.15) is 18.0 Å². The third-order valence-corrected chi connectivity index (χ3v) is 1.82. The van der Waals surface area contributed by atoms with Gasteiger partial charge in [0.2, 0.25) is 0 Å². The standard InChI is InChI=1S/C8H14N4O2/c1-8(3-13,4-14)12-7-2-6(9)10-5-11-7/h2,5,13-14H,3-4H2,1H3,(H3,9,10,11,12). The van der Waals surface area contributed by atoms with Gasteiger partial charge >= 0.3 is 0 Å². The number of nitrogen functional groups attached to an aromatic ring is 1. The quantitative estimate of drug-likeness (QED) is 0.505. The minimum Gasteiger partial charge on any atom is -0.394 e. The summed E-state index contributed by atoms with van der Waals surface area (Å²) >= 11 is 0. The average Bonchev–Trinajstić information content (AvgIpc) is 2.18. The molecule has 6 nitrogen and oxygen atoms in total. The number of nitrogens with one attached hydrogen (secondary N) is 1. The molecule has 0 bridgehead atoms. The molecular weight excluding hydrogens is 184 g/mol. The Bertz CT molecular complexity index is 301. The monoisotopic (exact) mass is 198 g/mol. The Morgan fingerprint density at radius 2 is 2.07 bits per heavy atom. The smallest absolute Gasteiger partial charge is 0.132 e. The zero-order chi connectivity index (χ0) is 10.6. The fraction of sp³-hybridized carbons (Fsp3) is 0.500. The predicted octanol–water partition coefficient (Wildman–Crippen LogP) is -0.786. The maximum absolute atomic E-state index is 9.02. The molecule has 0 atom stereocenters. The molecule has 0 aliphatic carbocycles. The summed E-state index contributed by atoms with van der Waals surface area (Å²) in [6.45, 7) is 1.27. The molecule has 0 aromatic carbocycles. The number of aliphatic hydroxyl groups excluding tert-OH is 2. The molecule has 0 radical (unpaired) electrons. The van der Waals surface area contributed by atoms with E-state index in [0.29, 0.717) is 11.6 Å². The van der Waals surface area contributed by atoms with Gasteiger partial charge in [0, 0.05) is 6.07 Å². The molecule has 1 aromatic rings. The van der Waals surface area contributed by atoms with Gasteiger partial charge < -0.3 is 21.3 Å². The van der Waals surface area contributed by atoms with Crippen LogP contribution in [0, 0.1) is 0 Å². The van der Waals surface area contributed by atoms with Crippen LogP contribution in [-0.4, -0.2) is 38.9 Å². The molecule has 0 spiro atoms.